The topological polar surface area (TPSA) is 24.3 Å². The van der Waals surface area contributed by atoms with E-state index in [1.807, 2.05) is 17.8 Å². The van der Waals surface area contributed by atoms with E-state index < -0.39 is 0 Å². The van der Waals surface area contributed by atoms with Gasteiger partial charge >= 0.3 is 35.0 Å². The normalized spacial score (nSPS) is 12.4. The van der Waals surface area contributed by atoms with Gasteiger partial charge in [-0.25, -0.2) is 4.98 Å². The number of anilines is 2. The Labute approximate surface area is 209 Å². The van der Waals surface area contributed by atoms with Crippen LogP contribution < -0.4 is 9.80 Å². The molecular formula is C25H30Cl2N4Pd. The van der Waals surface area contributed by atoms with Crippen LogP contribution in [0.25, 0.3) is 0 Å². The Kier molecular flexibility index (Phi) is 10.3. The second-order valence-corrected chi connectivity index (χ2v) is 10.3. The summed E-state index contributed by atoms with van der Waals surface area (Å²) in [5, 5.41) is 0. The molecule has 3 aromatic rings. The van der Waals surface area contributed by atoms with E-state index in [1.165, 1.54) is 44.8 Å². The molecule has 1 aliphatic heterocycles. The summed E-state index contributed by atoms with van der Waals surface area (Å²) in [6.07, 6.45) is 9.56. The first-order valence-corrected chi connectivity index (χ1v) is 14.1. The summed E-state index contributed by atoms with van der Waals surface area (Å²) in [7, 11) is 11.6. The monoisotopic (exact) mass is 562 g/mol. The van der Waals surface area contributed by atoms with Gasteiger partial charge in [-0.1, -0.05) is 35.4 Å². The number of nitrogens with zero attached hydrogens (tertiary/aromatic N) is 4. The zero-order chi connectivity index (χ0) is 23.8. The standard InChI is InChI=1S/C21H24N2.C4H6N2.2ClH.Pd/c1-14-9-16(3)20(17(4)10-14)22-7-8-23(13-22)21-18(5)11-15(2)12-19(21)6;1-6-3-2-5-4-6;;;/h7-12H,1-6H3;2-4H,1H3;2*1H;/q;;;;+2/p-2. The molecule has 0 amide bonds. The Balaban J connectivity index is 0.000000339. The van der Waals surface area contributed by atoms with Crippen molar-refractivity contribution in [3.63, 3.8) is 0 Å². The molecule has 0 N–H and O–H groups in total. The summed E-state index contributed by atoms with van der Waals surface area (Å²) >= 11 is -0.106. The maximum absolute atomic E-state index is 4.81. The van der Waals surface area contributed by atoms with Gasteiger partial charge in [-0.15, -0.1) is 0 Å². The van der Waals surface area contributed by atoms with Crippen LogP contribution in [-0.4, -0.2) is 9.55 Å². The average molecular weight is 564 g/mol. The zero-order valence-corrected chi connectivity index (χ0v) is 22.6. The molecule has 0 atom stereocenters. The second kappa shape index (κ2) is 12.5. The number of hydrogen-bond donors (Lipinski definition) is 0. The summed E-state index contributed by atoms with van der Waals surface area (Å²) < 4.78 is 1.89. The Morgan fingerprint density at radius 2 is 1.12 bits per heavy atom. The Morgan fingerprint density at radius 3 is 1.38 bits per heavy atom. The molecular weight excluding hydrogens is 534 g/mol. The van der Waals surface area contributed by atoms with Gasteiger partial charge in [0.25, 0.3) is 0 Å². The van der Waals surface area contributed by atoms with Crippen molar-refractivity contribution in [1.29, 1.82) is 0 Å². The zero-order valence-electron chi connectivity index (χ0n) is 19.6. The fourth-order valence-electron chi connectivity index (χ4n) is 4.00. The molecule has 0 unspecified atom stereocenters. The molecule has 0 aliphatic carbocycles. The minimum atomic E-state index is -0.106. The fourth-order valence-corrected chi connectivity index (χ4v) is 4.00. The molecule has 4 rings (SSSR count). The van der Waals surface area contributed by atoms with E-state index in [0.29, 0.717) is 0 Å². The molecule has 0 bridgehead atoms. The van der Waals surface area contributed by atoms with Crippen LogP contribution in [0.3, 0.4) is 0 Å². The number of rotatable bonds is 2. The van der Waals surface area contributed by atoms with E-state index in [9.17, 15) is 0 Å². The Morgan fingerprint density at radius 1 is 0.750 bits per heavy atom. The number of aromatic nitrogens is 2. The van der Waals surface area contributed by atoms with Crippen molar-refractivity contribution >= 4 is 30.4 Å². The van der Waals surface area contributed by atoms with Crippen LogP contribution in [0.15, 0.2) is 55.4 Å². The maximum atomic E-state index is 4.81. The second-order valence-electron chi connectivity index (χ2n) is 7.91. The molecule has 0 fully saturated rings. The van der Waals surface area contributed by atoms with E-state index >= 15 is 0 Å². The van der Waals surface area contributed by atoms with Gasteiger partial charge in [-0.3, -0.25) is 0 Å². The van der Waals surface area contributed by atoms with E-state index in [1.54, 1.807) is 12.5 Å². The third-order valence-corrected chi connectivity index (χ3v) is 4.97. The number of halogens is 2. The van der Waals surface area contributed by atoms with Crippen LogP contribution in [0.4, 0.5) is 11.4 Å². The van der Waals surface area contributed by atoms with Crippen LogP contribution in [0.5, 0.6) is 0 Å². The van der Waals surface area contributed by atoms with E-state index in [0.717, 1.165) is 0 Å². The molecule has 1 aliphatic rings. The van der Waals surface area contributed by atoms with Gasteiger partial charge in [0.05, 0.1) is 6.33 Å². The predicted octanol–water partition coefficient (Wildman–Crippen LogP) is 7.13. The number of hydrogen-bond acceptors (Lipinski definition) is 3. The number of imidazole rings is 1. The quantitative estimate of drug-likeness (QED) is 0.310. The number of benzene rings is 2. The van der Waals surface area contributed by atoms with E-state index in [4.69, 9.17) is 19.1 Å². The molecule has 2 heterocycles. The van der Waals surface area contributed by atoms with Crippen molar-refractivity contribution in [1.82, 2.24) is 9.55 Å². The molecule has 0 saturated heterocycles. The Bertz CT molecular complexity index is 937. The van der Waals surface area contributed by atoms with E-state index in [2.05, 4.69) is 99.7 Å². The Hall–Kier alpha value is -1.77. The van der Waals surface area contributed by atoms with Crippen molar-refractivity contribution in [2.24, 2.45) is 7.05 Å². The van der Waals surface area contributed by atoms with Gasteiger partial charge < -0.3 is 14.4 Å². The average Bonchev–Trinajstić information content (AvgIpc) is 3.33. The molecule has 2 aromatic carbocycles. The van der Waals surface area contributed by atoms with Crippen molar-refractivity contribution in [3.05, 3.63) is 95.4 Å². The molecule has 32 heavy (non-hydrogen) atoms. The van der Waals surface area contributed by atoms with Crippen molar-refractivity contribution in [2.75, 3.05) is 9.80 Å². The first kappa shape index (κ1) is 26.5. The van der Waals surface area contributed by atoms with Gasteiger partial charge in [0.2, 0.25) is 6.67 Å². The molecule has 7 heteroatoms. The SMILES string of the molecule is Cc1cc(C)c(N2[C]N(c3c(C)cc(C)cc3C)C=C2)c(C)c1.Cn1ccnc1.[Cl][Pd][Cl]. The van der Waals surface area contributed by atoms with E-state index in [-0.39, 0.29) is 15.9 Å². The molecule has 0 saturated carbocycles. The van der Waals surface area contributed by atoms with Crippen LogP contribution in [0.1, 0.15) is 33.4 Å². The van der Waals surface area contributed by atoms with Crippen LogP contribution >= 0.6 is 19.1 Å². The first-order valence-electron chi connectivity index (χ1n) is 10.1. The summed E-state index contributed by atoms with van der Waals surface area (Å²) in [6, 6.07) is 8.90. The minimum absolute atomic E-state index is 0.106. The fraction of sp³-hybridized carbons (Fsp3) is 0.280. The van der Waals surface area contributed by atoms with Crippen molar-refractivity contribution < 1.29 is 15.9 Å². The van der Waals surface area contributed by atoms with Gasteiger partial charge in [0, 0.05) is 43.2 Å². The van der Waals surface area contributed by atoms with Gasteiger partial charge in [0.15, 0.2) is 0 Å². The number of aryl methyl sites for hydroxylation is 7. The molecule has 2 radical (unpaired) electrons. The summed E-state index contributed by atoms with van der Waals surface area (Å²) in [6.45, 7) is 16.4. The van der Waals surface area contributed by atoms with Crippen LogP contribution in [0, 0.1) is 48.2 Å². The van der Waals surface area contributed by atoms with Crippen molar-refractivity contribution in [3.8, 4) is 0 Å². The molecule has 174 valence electrons. The van der Waals surface area contributed by atoms with Gasteiger partial charge in [-0.2, -0.15) is 0 Å². The van der Waals surface area contributed by atoms with Crippen LogP contribution in [0.2, 0.25) is 0 Å². The van der Waals surface area contributed by atoms with Crippen LogP contribution in [-0.2, 0) is 23.0 Å². The molecule has 0 spiro atoms. The first-order chi connectivity index (χ1) is 15.2. The molecule has 1 aromatic heterocycles. The van der Waals surface area contributed by atoms with Gasteiger partial charge in [0.1, 0.15) is 0 Å². The summed E-state index contributed by atoms with van der Waals surface area (Å²) in [5.74, 6) is 0. The summed E-state index contributed by atoms with van der Waals surface area (Å²) in [4.78, 5) is 7.98. The van der Waals surface area contributed by atoms with Gasteiger partial charge in [-0.05, 0) is 63.8 Å². The predicted molar refractivity (Wildman–Crippen MR) is 134 cm³/mol. The third kappa shape index (κ3) is 7.12. The third-order valence-electron chi connectivity index (χ3n) is 4.97. The summed E-state index contributed by atoms with van der Waals surface area (Å²) in [5.41, 5.74) is 10.1. The molecule has 4 nitrogen and oxygen atoms in total. The van der Waals surface area contributed by atoms with Crippen molar-refractivity contribution in [2.45, 2.75) is 41.5 Å².